The molecule has 1 atom stereocenters. The summed E-state index contributed by atoms with van der Waals surface area (Å²) in [7, 11) is 1.80. The largest absolute Gasteiger partial charge is 0.487 e. The zero-order chi connectivity index (χ0) is 19.5. The Balaban J connectivity index is 1.45. The minimum atomic E-state index is -0.502. The second-order valence-electron chi connectivity index (χ2n) is 6.33. The van der Waals surface area contributed by atoms with E-state index in [-0.39, 0.29) is 12.4 Å². The topological polar surface area (TPSA) is 96.0 Å². The average Bonchev–Trinajstić information content (AvgIpc) is 3.15. The summed E-state index contributed by atoms with van der Waals surface area (Å²) >= 11 is 5.52. The Morgan fingerprint density at radius 1 is 1.32 bits per heavy atom. The van der Waals surface area contributed by atoms with Crippen LogP contribution in [-0.4, -0.2) is 50.8 Å². The maximum atomic E-state index is 12.6. The maximum Gasteiger partial charge on any atom is 0.291 e. The number of carbonyl (C=O) groups is 1. The molecule has 2 aromatic heterocycles. The molecule has 9 heteroatoms. The van der Waals surface area contributed by atoms with Gasteiger partial charge in [-0.25, -0.2) is 9.97 Å². The third-order valence-corrected chi connectivity index (χ3v) is 4.92. The van der Waals surface area contributed by atoms with Crippen molar-refractivity contribution in [2.24, 2.45) is 0 Å². The van der Waals surface area contributed by atoms with Crippen molar-refractivity contribution >= 4 is 28.9 Å². The number of hydrogen-bond donors (Lipinski definition) is 2. The van der Waals surface area contributed by atoms with Crippen LogP contribution in [0.15, 0.2) is 48.7 Å². The van der Waals surface area contributed by atoms with E-state index in [0.717, 1.165) is 5.56 Å². The molecule has 0 fully saturated rings. The second-order valence-corrected chi connectivity index (χ2v) is 6.75. The molecule has 1 aromatic carbocycles. The highest BCUT2D eigenvalue weighted by Crippen LogP contribution is 2.27. The Labute approximate surface area is 167 Å². The van der Waals surface area contributed by atoms with Crippen LogP contribution >= 0.6 is 12.2 Å². The summed E-state index contributed by atoms with van der Waals surface area (Å²) < 4.78 is 5.77. The normalized spacial score (nSPS) is 16.1. The first-order chi connectivity index (χ1) is 13.6. The Morgan fingerprint density at radius 2 is 2.14 bits per heavy atom. The van der Waals surface area contributed by atoms with Crippen molar-refractivity contribution in [3.63, 3.8) is 0 Å². The van der Waals surface area contributed by atoms with Crippen molar-refractivity contribution in [2.45, 2.75) is 12.5 Å². The number of aromatic nitrogens is 4. The molecule has 3 aromatic rings. The van der Waals surface area contributed by atoms with Crippen molar-refractivity contribution in [3.05, 3.63) is 65.9 Å². The molecule has 1 aliphatic heterocycles. The van der Waals surface area contributed by atoms with Gasteiger partial charge < -0.3 is 15.0 Å². The van der Waals surface area contributed by atoms with Crippen LogP contribution in [0, 0.1) is 0 Å². The molecule has 8 nitrogen and oxygen atoms in total. The molecule has 4 rings (SSSR count). The van der Waals surface area contributed by atoms with E-state index in [9.17, 15) is 4.79 Å². The van der Waals surface area contributed by atoms with Gasteiger partial charge in [-0.15, -0.1) is 5.10 Å². The van der Waals surface area contributed by atoms with Gasteiger partial charge in [-0.05, 0) is 17.7 Å². The van der Waals surface area contributed by atoms with Crippen LogP contribution in [0.1, 0.15) is 22.0 Å². The Morgan fingerprint density at radius 3 is 2.96 bits per heavy atom. The van der Waals surface area contributed by atoms with E-state index >= 15 is 0 Å². The second kappa shape index (κ2) is 7.73. The predicted molar refractivity (Wildman–Crippen MR) is 108 cm³/mol. The smallest absolute Gasteiger partial charge is 0.291 e. The summed E-state index contributed by atoms with van der Waals surface area (Å²) in [4.78, 5) is 23.4. The lowest BCUT2D eigenvalue weighted by atomic mass is 10.1. The third-order valence-electron chi connectivity index (χ3n) is 4.36. The molecule has 0 spiro atoms. The fraction of sp³-hybridized carbons (Fsp3) is 0.211. The molecule has 0 aliphatic carbocycles. The van der Waals surface area contributed by atoms with E-state index in [1.54, 1.807) is 24.2 Å². The van der Waals surface area contributed by atoms with Crippen LogP contribution in [0.25, 0.3) is 0 Å². The molecule has 0 unspecified atom stereocenters. The third kappa shape index (κ3) is 3.70. The number of anilines is 1. The highest BCUT2D eigenvalue weighted by Gasteiger charge is 2.29. The van der Waals surface area contributed by atoms with Crippen LogP contribution in [0.3, 0.4) is 0 Å². The van der Waals surface area contributed by atoms with Crippen LogP contribution in [0.2, 0.25) is 0 Å². The van der Waals surface area contributed by atoms with Crippen LogP contribution in [0.4, 0.5) is 5.82 Å². The number of hydrogen-bond acceptors (Lipinski definition) is 6. The number of nitrogens with zero attached hydrogens (tertiary/aromatic N) is 4. The first kappa shape index (κ1) is 18.1. The summed E-state index contributed by atoms with van der Waals surface area (Å²) in [5.41, 5.74) is 1.08. The molecule has 0 saturated carbocycles. The van der Waals surface area contributed by atoms with E-state index in [4.69, 9.17) is 17.0 Å². The van der Waals surface area contributed by atoms with E-state index < -0.39 is 11.9 Å². The van der Waals surface area contributed by atoms with Gasteiger partial charge in [0.2, 0.25) is 5.82 Å². The maximum absolute atomic E-state index is 12.6. The first-order valence-corrected chi connectivity index (χ1v) is 9.14. The number of carbonyl (C=O) groups excluding carboxylic acids is 1. The van der Waals surface area contributed by atoms with Gasteiger partial charge in [0.15, 0.2) is 11.6 Å². The number of thiocarbonyl (C=S) groups is 1. The molecule has 0 radical (unpaired) electrons. The number of ether oxygens (including phenoxy) is 1. The van der Waals surface area contributed by atoms with Gasteiger partial charge in [-0.3, -0.25) is 9.89 Å². The van der Waals surface area contributed by atoms with E-state index in [0.29, 0.717) is 28.8 Å². The summed E-state index contributed by atoms with van der Waals surface area (Å²) in [5, 5.41) is 9.69. The highest BCUT2D eigenvalue weighted by molar-refractivity contribution is 7.80. The first-order valence-electron chi connectivity index (χ1n) is 8.73. The molecule has 0 bridgehead atoms. The van der Waals surface area contributed by atoms with Crippen molar-refractivity contribution in [1.82, 2.24) is 25.5 Å². The lowest BCUT2D eigenvalue weighted by Crippen LogP contribution is -2.48. The Bertz CT molecular complexity index is 1010. The minimum Gasteiger partial charge on any atom is -0.487 e. The van der Waals surface area contributed by atoms with Gasteiger partial charge in [-0.2, -0.15) is 0 Å². The van der Waals surface area contributed by atoms with Crippen molar-refractivity contribution in [2.75, 3.05) is 18.6 Å². The standard InChI is InChI=1S/C19H18N6O2S/c1-25-17-14(8-5-9-20-17)27-11-13(19(25)28)21-18(26)16-22-15(23-24-16)10-12-6-3-2-4-7-12/h2-9,13H,10-11H2,1H3,(H,21,26)(H,22,23,24)/t13-/m0/s1. The number of benzene rings is 1. The summed E-state index contributed by atoms with van der Waals surface area (Å²) in [6, 6.07) is 12.9. The number of pyridine rings is 1. The quantitative estimate of drug-likeness (QED) is 0.651. The fourth-order valence-electron chi connectivity index (χ4n) is 2.92. The molecule has 1 aliphatic rings. The molecule has 0 saturated heterocycles. The van der Waals surface area contributed by atoms with Crippen LogP contribution < -0.4 is 15.0 Å². The van der Waals surface area contributed by atoms with E-state index in [1.165, 1.54) is 0 Å². The highest BCUT2D eigenvalue weighted by atomic mass is 32.1. The monoisotopic (exact) mass is 394 g/mol. The predicted octanol–water partition coefficient (Wildman–Crippen LogP) is 1.75. The van der Waals surface area contributed by atoms with Crippen molar-refractivity contribution in [3.8, 4) is 5.75 Å². The molecular formula is C19H18N6O2S. The van der Waals surface area contributed by atoms with Gasteiger partial charge >= 0.3 is 0 Å². The number of likely N-dealkylation sites (N-methyl/N-ethyl adjacent to an activating group) is 1. The van der Waals surface area contributed by atoms with Gasteiger partial charge in [-0.1, -0.05) is 42.5 Å². The van der Waals surface area contributed by atoms with Crippen molar-refractivity contribution < 1.29 is 9.53 Å². The summed E-state index contributed by atoms with van der Waals surface area (Å²) in [5.74, 6) is 1.50. The van der Waals surface area contributed by atoms with E-state index in [1.807, 2.05) is 36.4 Å². The average molecular weight is 394 g/mol. The van der Waals surface area contributed by atoms with E-state index in [2.05, 4.69) is 25.5 Å². The number of nitrogens with one attached hydrogen (secondary N) is 2. The zero-order valence-electron chi connectivity index (χ0n) is 15.1. The number of aromatic amines is 1. The summed E-state index contributed by atoms with van der Waals surface area (Å²) in [6.45, 7) is 0.203. The molecule has 3 heterocycles. The zero-order valence-corrected chi connectivity index (χ0v) is 15.9. The SMILES string of the molecule is CN1C(=S)[C@@H](NC(=O)c2n[nH]c(Cc3ccccc3)n2)COc2cccnc21. The van der Waals surface area contributed by atoms with Crippen LogP contribution in [0.5, 0.6) is 5.75 Å². The minimum absolute atomic E-state index is 0.0660. The fourth-order valence-corrected chi connectivity index (χ4v) is 3.13. The molecule has 1 amide bonds. The molecule has 28 heavy (non-hydrogen) atoms. The molecule has 2 N–H and O–H groups in total. The lowest BCUT2D eigenvalue weighted by molar-refractivity contribution is 0.0927. The number of H-pyrrole nitrogens is 1. The Hall–Kier alpha value is -3.33. The van der Waals surface area contributed by atoms with Gasteiger partial charge in [0.25, 0.3) is 5.91 Å². The number of rotatable bonds is 4. The summed E-state index contributed by atoms with van der Waals surface area (Å²) in [6.07, 6.45) is 2.23. The Kier molecular flexibility index (Phi) is 4.98. The number of fused-ring (bicyclic) bond motifs is 1. The number of amides is 1. The molecule has 142 valence electrons. The van der Waals surface area contributed by atoms with Crippen LogP contribution in [-0.2, 0) is 6.42 Å². The van der Waals surface area contributed by atoms with Gasteiger partial charge in [0.1, 0.15) is 23.5 Å². The lowest BCUT2D eigenvalue weighted by Gasteiger charge is -2.22. The van der Waals surface area contributed by atoms with Gasteiger partial charge in [0.05, 0.1) is 0 Å². The van der Waals surface area contributed by atoms with Crippen molar-refractivity contribution in [1.29, 1.82) is 0 Å². The molecular weight excluding hydrogens is 376 g/mol. The van der Waals surface area contributed by atoms with Gasteiger partial charge in [0, 0.05) is 19.7 Å².